The van der Waals surface area contributed by atoms with E-state index in [1.165, 1.54) is 11.8 Å². The van der Waals surface area contributed by atoms with Crippen LogP contribution in [0.1, 0.15) is 6.92 Å². The summed E-state index contributed by atoms with van der Waals surface area (Å²) >= 11 is 1.19. The molecule has 11 heavy (non-hydrogen) atoms. The second-order valence-electron chi connectivity index (χ2n) is 1.56. The number of amidine groups is 1. The molecule has 0 radical (unpaired) electrons. The molecular weight excluding hydrogens is 160 g/mol. The van der Waals surface area contributed by atoms with Crippen LogP contribution in [0.4, 0.5) is 0 Å². The van der Waals surface area contributed by atoms with Gasteiger partial charge in [0.15, 0.2) is 11.1 Å². The summed E-state index contributed by atoms with van der Waals surface area (Å²) in [6.45, 7) is 1.74. The fourth-order valence-electron chi connectivity index (χ4n) is 0.326. The van der Waals surface area contributed by atoms with Gasteiger partial charge >= 0.3 is 0 Å². The van der Waals surface area contributed by atoms with Gasteiger partial charge in [-0.3, -0.25) is 5.41 Å². The highest BCUT2D eigenvalue weighted by Crippen LogP contribution is 2.00. The van der Waals surface area contributed by atoms with Crippen molar-refractivity contribution in [1.82, 2.24) is 0 Å². The molecule has 5 heteroatoms. The zero-order valence-electron chi connectivity index (χ0n) is 6.22. The Morgan fingerprint density at radius 2 is 2.27 bits per heavy atom. The maximum absolute atomic E-state index is 7.15. The molecule has 0 aliphatic heterocycles. The standard InChI is InChI=1S/C6H10N4S/c1-2-3-4-11-6(9)10-5(7)8/h4H2,1H3,(H5,7,8,9,10). The average Bonchev–Trinajstić information content (AvgIpc) is 1.86. The van der Waals surface area contributed by atoms with Gasteiger partial charge in [-0.05, 0) is 6.92 Å². The van der Waals surface area contributed by atoms with Crippen molar-refractivity contribution in [3.05, 3.63) is 0 Å². The van der Waals surface area contributed by atoms with Gasteiger partial charge in [0.1, 0.15) is 0 Å². The van der Waals surface area contributed by atoms with Crippen molar-refractivity contribution < 1.29 is 0 Å². The highest BCUT2D eigenvalue weighted by atomic mass is 32.2. The van der Waals surface area contributed by atoms with Gasteiger partial charge in [-0.2, -0.15) is 4.99 Å². The second-order valence-corrected chi connectivity index (χ2v) is 2.52. The molecule has 0 aliphatic rings. The van der Waals surface area contributed by atoms with Gasteiger partial charge in [-0.1, -0.05) is 17.7 Å². The van der Waals surface area contributed by atoms with Crippen molar-refractivity contribution in [3.8, 4) is 11.8 Å². The summed E-state index contributed by atoms with van der Waals surface area (Å²) < 4.78 is 0. The quantitative estimate of drug-likeness (QED) is 0.293. The molecule has 0 spiro atoms. The highest BCUT2D eigenvalue weighted by Gasteiger charge is 1.91. The van der Waals surface area contributed by atoms with Crippen LogP contribution in [0.2, 0.25) is 0 Å². The van der Waals surface area contributed by atoms with Crippen LogP contribution in [0.5, 0.6) is 0 Å². The van der Waals surface area contributed by atoms with Gasteiger partial charge in [0.2, 0.25) is 0 Å². The van der Waals surface area contributed by atoms with Gasteiger partial charge in [-0.15, -0.1) is 5.92 Å². The molecule has 0 aromatic heterocycles. The lowest BCUT2D eigenvalue weighted by molar-refractivity contribution is 1.44. The molecule has 4 nitrogen and oxygen atoms in total. The molecule has 0 saturated carbocycles. The Morgan fingerprint density at radius 1 is 1.64 bits per heavy atom. The van der Waals surface area contributed by atoms with Crippen molar-refractivity contribution >= 4 is 22.9 Å². The van der Waals surface area contributed by atoms with Gasteiger partial charge < -0.3 is 11.5 Å². The Bertz CT molecular complexity index is 218. The van der Waals surface area contributed by atoms with E-state index in [-0.39, 0.29) is 11.1 Å². The topological polar surface area (TPSA) is 88.2 Å². The monoisotopic (exact) mass is 170 g/mol. The number of nitrogens with one attached hydrogen (secondary N) is 1. The smallest absolute Gasteiger partial charge is 0.193 e. The summed E-state index contributed by atoms with van der Waals surface area (Å²) in [6, 6.07) is 0. The van der Waals surface area contributed by atoms with E-state index in [1.54, 1.807) is 6.92 Å². The van der Waals surface area contributed by atoms with E-state index in [9.17, 15) is 0 Å². The molecule has 60 valence electrons. The molecule has 0 unspecified atom stereocenters. The third-order valence-electron chi connectivity index (χ3n) is 0.688. The van der Waals surface area contributed by atoms with Gasteiger partial charge in [0.25, 0.3) is 0 Å². The predicted molar refractivity (Wildman–Crippen MR) is 49.4 cm³/mol. The van der Waals surface area contributed by atoms with Crippen molar-refractivity contribution in [1.29, 1.82) is 5.41 Å². The first-order valence-corrected chi connectivity index (χ1v) is 3.86. The number of aliphatic imine (C=N–C) groups is 1. The molecule has 0 heterocycles. The Kier molecular flexibility index (Phi) is 5.03. The van der Waals surface area contributed by atoms with E-state index in [0.717, 1.165) is 0 Å². The third-order valence-corrected chi connectivity index (χ3v) is 1.34. The van der Waals surface area contributed by atoms with E-state index in [0.29, 0.717) is 5.75 Å². The van der Waals surface area contributed by atoms with E-state index in [2.05, 4.69) is 16.8 Å². The van der Waals surface area contributed by atoms with Crippen LogP contribution >= 0.6 is 11.8 Å². The molecule has 0 aromatic rings. The number of nitrogens with zero attached hydrogens (tertiary/aromatic N) is 1. The van der Waals surface area contributed by atoms with E-state index in [1.807, 2.05) is 0 Å². The van der Waals surface area contributed by atoms with E-state index >= 15 is 0 Å². The molecule has 0 aromatic carbocycles. The Labute approximate surface area is 69.9 Å². The molecule has 0 fully saturated rings. The summed E-state index contributed by atoms with van der Waals surface area (Å²) in [7, 11) is 0. The van der Waals surface area contributed by atoms with Crippen molar-refractivity contribution in [2.45, 2.75) is 6.92 Å². The molecule has 0 saturated heterocycles. The highest BCUT2D eigenvalue weighted by molar-refractivity contribution is 8.13. The number of rotatable bonds is 1. The van der Waals surface area contributed by atoms with Crippen LogP contribution in [0.15, 0.2) is 4.99 Å². The first-order chi connectivity index (χ1) is 5.16. The Balaban J connectivity index is 3.68. The largest absolute Gasteiger partial charge is 0.370 e. The molecule has 0 aliphatic carbocycles. The Morgan fingerprint density at radius 3 is 2.73 bits per heavy atom. The Hall–Kier alpha value is -1.15. The number of hydrogen-bond acceptors (Lipinski definition) is 2. The van der Waals surface area contributed by atoms with Crippen LogP contribution in [0.25, 0.3) is 0 Å². The maximum Gasteiger partial charge on any atom is 0.193 e. The summed E-state index contributed by atoms with van der Waals surface area (Å²) in [4.78, 5) is 3.50. The van der Waals surface area contributed by atoms with Gasteiger partial charge in [0.05, 0.1) is 5.75 Å². The fourth-order valence-corrected chi connectivity index (χ4v) is 0.849. The van der Waals surface area contributed by atoms with Gasteiger partial charge in [0, 0.05) is 0 Å². The third kappa shape index (κ3) is 6.74. The molecule has 0 bridgehead atoms. The van der Waals surface area contributed by atoms with Crippen LogP contribution in [-0.2, 0) is 0 Å². The van der Waals surface area contributed by atoms with Crippen LogP contribution < -0.4 is 11.5 Å². The van der Waals surface area contributed by atoms with Crippen LogP contribution in [0.3, 0.4) is 0 Å². The molecule has 0 atom stereocenters. The fraction of sp³-hybridized carbons (Fsp3) is 0.333. The van der Waals surface area contributed by atoms with Crippen LogP contribution in [0, 0.1) is 17.3 Å². The number of hydrogen-bond donors (Lipinski definition) is 3. The lowest BCUT2D eigenvalue weighted by atomic mass is 10.7. The first-order valence-electron chi connectivity index (χ1n) is 2.87. The minimum Gasteiger partial charge on any atom is -0.370 e. The van der Waals surface area contributed by atoms with Gasteiger partial charge in [-0.25, -0.2) is 0 Å². The number of nitrogens with two attached hydrogens (primary N) is 2. The molecule has 0 rings (SSSR count). The van der Waals surface area contributed by atoms with Crippen LogP contribution in [-0.4, -0.2) is 16.9 Å². The zero-order chi connectivity index (χ0) is 8.69. The number of thioether (sulfide) groups is 1. The zero-order valence-corrected chi connectivity index (χ0v) is 7.03. The average molecular weight is 170 g/mol. The summed E-state index contributed by atoms with van der Waals surface area (Å²) in [5.74, 6) is 5.93. The first kappa shape index (κ1) is 9.85. The maximum atomic E-state index is 7.15. The van der Waals surface area contributed by atoms with Crippen molar-refractivity contribution in [2.75, 3.05) is 5.75 Å². The summed E-state index contributed by atoms with van der Waals surface area (Å²) in [5, 5.41) is 7.24. The lowest BCUT2D eigenvalue weighted by Gasteiger charge is -1.92. The molecular formula is C6H10N4S. The van der Waals surface area contributed by atoms with Crippen molar-refractivity contribution in [2.24, 2.45) is 16.5 Å². The van der Waals surface area contributed by atoms with E-state index in [4.69, 9.17) is 16.9 Å². The predicted octanol–water partition coefficient (Wildman–Crippen LogP) is -0.0489. The molecule has 5 N–H and O–H groups in total. The minimum absolute atomic E-state index is 0.0905. The summed E-state index contributed by atoms with van der Waals surface area (Å²) in [5.41, 5.74) is 10.1. The normalized spacial score (nSPS) is 7.73. The SMILES string of the molecule is CC#CCSC(=N)N=C(N)N. The van der Waals surface area contributed by atoms with E-state index < -0.39 is 0 Å². The lowest BCUT2D eigenvalue weighted by Crippen LogP contribution is -2.23. The summed E-state index contributed by atoms with van der Waals surface area (Å²) in [6.07, 6.45) is 0. The minimum atomic E-state index is -0.0908. The number of guanidine groups is 1. The second kappa shape index (κ2) is 5.62. The molecule has 0 amide bonds. The van der Waals surface area contributed by atoms with Crippen molar-refractivity contribution in [3.63, 3.8) is 0 Å².